The Morgan fingerprint density at radius 1 is 1.62 bits per heavy atom. The molecular weight excluding hydrogens is 292 g/mol. The molecule has 2 N–H and O–H groups in total. The summed E-state index contributed by atoms with van der Waals surface area (Å²) in [5.41, 5.74) is 5.62. The molecule has 1 fully saturated rings. The molecular formula is C13H18N4O3S. The molecule has 1 aromatic rings. The van der Waals surface area contributed by atoms with Gasteiger partial charge in [0.2, 0.25) is 10.0 Å². The van der Waals surface area contributed by atoms with Gasteiger partial charge in [0.05, 0.1) is 6.10 Å². The van der Waals surface area contributed by atoms with Crippen LogP contribution in [0.15, 0.2) is 23.2 Å². The number of hydrogen-bond acceptors (Lipinski definition) is 6. The predicted octanol–water partition coefficient (Wildman–Crippen LogP) is 0.0801. The van der Waals surface area contributed by atoms with Gasteiger partial charge in [-0.25, -0.2) is 13.4 Å². The van der Waals surface area contributed by atoms with Gasteiger partial charge in [-0.15, -0.1) is 0 Å². The number of piperidine rings is 1. The highest BCUT2D eigenvalue weighted by molar-refractivity contribution is 7.89. The molecule has 1 aliphatic rings. The molecule has 2 rings (SSSR count). The van der Waals surface area contributed by atoms with Crippen molar-refractivity contribution in [2.24, 2.45) is 5.73 Å². The monoisotopic (exact) mass is 310 g/mol. The van der Waals surface area contributed by atoms with E-state index < -0.39 is 10.0 Å². The summed E-state index contributed by atoms with van der Waals surface area (Å²) in [7, 11) is -2.18. The third kappa shape index (κ3) is 3.06. The van der Waals surface area contributed by atoms with Crippen LogP contribution in [-0.2, 0) is 14.8 Å². The van der Waals surface area contributed by atoms with Gasteiger partial charge in [0.15, 0.2) is 5.69 Å². The first-order valence-corrected chi connectivity index (χ1v) is 8.08. The van der Waals surface area contributed by atoms with Gasteiger partial charge >= 0.3 is 0 Å². The van der Waals surface area contributed by atoms with E-state index in [-0.39, 0.29) is 29.3 Å². The molecule has 0 radical (unpaired) electrons. The summed E-state index contributed by atoms with van der Waals surface area (Å²) in [5, 5.41) is 9.04. The van der Waals surface area contributed by atoms with Crippen molar-refractivity contribution in [2.75, 3.05) is 20.2 Å². The molecule has 1 aromatic heterocycles. The number of aromatic nitrogens is 1. The average Bonchev–Trinajstić information content (AvgIpc) is 2.53. The first-order chi connectivity index (χ1) is 10.0. The van der Waals surface area contributed by atoms with Crippen LogP contribution in [0.5, 0.6) is 0 Å². The average molecular weight is 310 g/mol. The van der Waals surface area contributed by atoms with Crippen molar-refractivity contribution in [3.63, 3.8) is 0 Å². The lowest BCUT2D eigenvalue weighted by Crippen LogP contribution is -2.51. The van der Waals surface area contributed by atoms with Crippen molar-refractivity contribution >= 4 is 10.0 Å². The minimum absolute atomic E-state index is 0.00864. The normalized spacial score (nSPS) is 23.7. The topological polar surface area (TPSA) is 109 Å². The van der Waals surface area contributed by atoms with Crippen molar-refractivity contribution in [1.82, 2.24) is 9.29 Å². The predicted molar refractivity (Wildman–Crippen MR) is 75.7 cm³/mol. The molecule has 1 saturated heterocycles. The minimum Gasteiger partial charge on any atom is -0.381 e. The standard InChI is InChI=1S/C13H18N4O3S/c1-20-11-4-6-17(10(7-11)8-14)21(18,19)13-3-2-5-16-12(13)9-15/h2-3,5,10-11H,4,6-8,14H2,1H3. The van der Waals surface area contributed by atoms with Crippen LogP contribution in [0.1, 0.15) is 18.5 Å². The van der Waals surface area contributed by atoms with Gasteiger partial charge in [0.25, 0.3) is 0 Å². The largest absolute Gasteiger partial charge is 0.381 e. The van der Waals surface area contributed by atoms with Crippen molar-refractivity contribution in [2.45, 2.75) is 29.9 Å². The van der Waals surface area contributed by atoms with Crippen LogP contribution in [0.25, 0.3) is 0 Å². The maximum absolute atomic E-state index is 12.8. The Kier molecular flexibility index (Phi) is 4.90. The van der Waals surface area contributed by atoms with E-state index in [0.717, 1.165) is 0 Å². The quantitative estimate of drug-likeness (QED) is 0.843. The molecule has 2 unspecified atom stereocenters. The van der Waals surface area contributed by atoms with Crippen LogP contribution in [0, 0.1) is 11.3 Å². The van der Waals surface area contributed by atoms with Crippen LogP contribution in [-0.4, -0.2) is 50.1 Å². The van der Waals surface area contributed by atoms with E-state index in [4.69, 9.17) is 15.7 Å². The molecule has 21 heavy (non-hydrogen) atoms. The molecule has 8 heteroatoms. The molecule has 2 heterocycles. The van der Waals surface area contributed by atoms with Gasteiger partial charge in [-0.2, -0.15) is 9.57 Å². The van der Waals surface area contributed by atoms with Crippen molar-refractivity contribution in [1.29, 1.82) is 5.26 Å². The van der Waals surface area contributed by atoms with Gasteiger partial charge in [-0.05, 0) is 25.0 Å². The highest BCUT2D eigenvalue weighted by Gasteiger charge is 2.37. The lowest BCUT2D eigenvalue weighted by atomic mass is 10.0. The number of methoxy groups -OCH3 is 1. The number of sulfonamides is 1. The zero-order chi connectivity index (χ0) is 15.5. The Balaban J connectivity index is 2.37. The Bertz CT molecular complexity index is 641. The highest BCUT2D eigenvalue weighted by Crippen LogP contribution is 2.27. The Labute approximate surface area is 124 Å². The van der Waals surface area contributed by atoms with Crippen LogP contribution >= 0.6 is 0 Å². The number of ether oxygens (including phenoxy) is 1. The summed E-state index contributed by atoms with van der Waals surface area (Å²) >= 11 is 0. The first-order valence-electron chi connectivity index (χ1n) is 6.64. The summed E-state index contributed by atoms with van der Waals surface area (Å²) in [6.45, 7) is 0.531. The Morgan fingerprint density at radius 2 is 2.38 bits per heavy atom. The molecule has 0 aromatic carbocycles. The summed E-state index contributed by atoms with van der Waals surface area (Å²) in [5.74, 6) is 0. The molecule has 0 amide bonds. The maximum atomic E-state index is 12.8. The molecule has 0 aliphatic carbocycles. The van der Waals surface area contributed by atoms with Crippen LogP contribution in [0.3, 0.4) is 0 Å². The fourth-order valence-electron chi connectivity index (χ4n) is 2.55. The molecule has 7 nitrogen and oxygen atoms in total. The van der Waals surface area contributed by atoms with Crippen LogP contribution in [0.4, 0.5) is 0 Å². The number of pyridine rings is 1. The van der Waals surface area contributed by atoms with Gasteiger partial charge in [0, 0.05) is 32.4 Å². The van der Waals surface area contributed by atoms with Gasteiger partial charge < -0.3 is 10.5 Å². The number of nitriles is 1. The fraction of sp³-hybridized carbons (Fsp3) is 0.538. The summed E-state index contributed by atoms with van der Waals surface area (Å²) in [4.78, 5) is 3.75. The van der Waals surface area contributed by atoms with E-state index >= 15 is 0 Å². The lowest BCUT2D eigenvalue weighted by molar-refractivity contribution is 0.0401. The van der Waals surface area contributed by atoms with E-state index in [0.29, 0.717) is 19.4 Å². The summed E-state index contributed by atoms with van der Waals surface area (Å²) in [6.07, 6.45) is 2.56. The van der Waals surface area contributed by atoms with Crippen LogP contribution < -0.4 is 5.73 Å². The summed E-state index contributed by atoms with van der Waals surface area (Å²) in [6, 6.07) is 4.39. The van der Waals surface area contributed by atoms with E-state index in [1.165, 1.54) is 22.6 Å². The van der Waals surface area contributed by atoms with Crippen molar-refractivity contribution in [3.05, 3.63) is 24.0 Å². The second-order valence-electron chi connectivity index (χ2n) is 4.85. The van der Waals surface area contributed by atoms with E-state index in [9.17, 15) is 8.42 Å². The zero-order valence-corrected chi connectivity index (χ0v) is 12.6. The van der Waals surface area contributed by atoms with E-state index in [1.54, 1.807) is 7.11 Å². The van der Waals surface area contributed by atoms with Crippen LogP contribution in [0.2, 0.25) is 0 Å². The summed E-state index contributed by atoms with van der Waals surface area (Å²) < 4.78 is 32.2. The number of rotatable bonds is 4. The Morgan fingerprint density at radius 3 is 3.00 bits per heavy atom. The van der Waals surface area contributed by atoms with Crippen molar-refractivity contribution in [3.8, 4) is 6.07 Å². The number of nitrogens with two attached hydrogens (primary N) is 1. The Hall–Kier alpha value is -1.53. The third-order valence-corrected chi connectivity index (χ3v) is 5.67. The molecule has 0 bridgehead atoms. The second kappa shape index (κ2) is 6.49. The second-order valence-corrected chi connectivity index (χ2v) is 6.71. The molecule has 1 aliphatic heterocycles. The molecule has 0 saturated carbocycles. The first kappa shape index (κ1) is 15.9. The number of nitrogens with zero attached hydrogens (tertiary/aromatic N) is 3. The SMILES string of the molecule is COC1CCN(S(=O)(=O)c2cccnc2C#N)C(CN)C1. The van der Waals surface area contributed by atoms with E-state index in [2.05, 4.69) is 4.98 Å². The smallest absolute Gasteiger partial charge is 0.246 e. The lowest BCUT2D eigenvalue weighted by Gasteiger charge is -2.37. The maximum Gasteiger partial charge on any atom is 0.246 e. The number of hydrogen-bond donors (Lipinski definition) is 1. The fourth-order valence-corrected chi connectivity index (χ4v) is 4.30. The molecule has 2 atom stereocenters. The van der Waals surface area contributed by atoms with Gasteiger partial charge in [-0.3, -0.25) is 0 Å². The highest BCUT2D eigenvalue weighted by atomic mass is 32.2. The van der Waals surface area contributed by atoms with Gasteiger partial charge in [0.1, 0.15) is 11.0 Å². The van der Waals surface area contributed by atoms with E-state index in [1.807, 2.05) is 6.07 Å². The third-order valence-electron chi connectivity index (χ3n) is 3.68. The molecule has 114 valence electrons. The van der Waals surface area contributed by atoms with Crippen molar-refractivity contribution < 1.29 is 13.2 Å². The molecule has 0 spiro atoms. The zero-order valence-electron chi connectivity index (χ0n) is 11.8. The minimum atomic E-state index is -3.78. The van der Waals surface area contributed by atoms with Gasteiger partial charge in [-0.1, -0.05) is 0 Å².